The number of piperidine rings is 1. The molecule has 1 aliphatic carbocycles. The van der Waals surface area contributed by atoms with Crippen LogP contribution in [0.2, 0.25) is 0 Å². The van der Waals surface area contributed by atoms with Crippen molar-refractivity contribution in [1.29, 1.82) is 0 Å². The molecule has 2 N–H and O–H groups in total. The van der Waals surface area contributed by atoms with Crippen LogP contribution in [0.4, 0.5) is 5.69 Å². The molecule has 7 nitrogen and oxygen atoms in total. The van der Waals surface area contributed by atoms with Crippen molar-refractivity contribution in [3.05, 3.63) is 18.0 Å². The maximum absolute atomic E-state index is 5.95. The summed E-state index contributed by atoms with van der Waals surface area (Å²) in [7, 11) is 0. The van der Waals surface area contributed by atoms with Crippen LogP contribution in [-0.2, 0) is 11.4 Å². The van der Waals surface area contributed by atoms with Gasteiger partial charge in [-0.15, -0.1) is 0 Å². The lowest BCUT2D eigenvalue weighted by Gasteiger charge is -2.26. The zero-order valence-electron chi connectivity index (χ0n) is 16.0. The van der Waals surface area contributed by atoms with Gasteiger partial charge in [0.15, 0.2) is 5.65 Å². The van der Waals surface area contributed by atoms with Crippen molar-refractivity contribution in [1.82, 2.24) is 20.1 Å². The largest absolute Gasteiger partial charge is 0.389 e. The molecule has 4 heterocycles. The Morgan fingerprint density at radius 1 is 1.26 bits per heavy atom. The lowest BCUT2D eigenvalue weighted by Crippen LogP contribution is -2.35. The van der Waals surface area contributed by atoms with Crippen LogP contribution in [0.15, 0.2) is 17.5 Å². The first kappa shape index (κ1) is 17.0. The van der Waals surface area contributed by atoms with Crippen molar-refractivity contribution in [3.63, 3.8) is 0 Å². The lowest BCUT2D eigenvalue weighted by molar-refractivity contribution is -0.0126. The average molecular weight is 368 g/mol. The minimum atomic E-state index is -0.0656. The second-order valence-corrected chi connectivity index (χ2v) is 8.11. The highest BCUT2D eigenvalue weighted by Gasteiger charge is 2.42. The van der Waals surface area contributed by atoms with Gasteiger partial charge in [-0.1, -0.05) is 5.16 Å². The number of oxime groups is 1. The quantitative estimate of drug-likeness (QED) is 0.867. The van der Waals surface area contributed by atoms with Gasteiger partial charge in [-0.25, -0.2) is 9.67 Å². The van der Waals surface area contributed by atoms with E-state index >= 15 is 0 Å². The molecule has 144 valence electrons. The number of fused-ring (bicyclic) bond motifs is 1. The molecule has 7 heteroatoms. The van der Waals surface area contributed by atoms with E-state index in [0.29, 0.717) is 6.04 Å². The predicted octanol–water partition coefficient (Wildman–Crippen LogP) is 3.05. The van der Waals surface area contributed by atoms with Crippen molar-refractivity contribution >= 4 is 22.4 Å². The van der Waals surface area contributed by atoms with Crippen molar-refractivity contribution in [2.24, 2.45) is 5.16 Å². The third-order valence-corrected chi connectivity index (χ3v) is 6.32. The van der Waals surface area contributed by atoms with Gasteiger partial charge in [0.2, 0.25) is 0 Å². The molecule has 1 saturated heterocycles. The molecule has 0 atom stereocenters. The Bertz CT molecular complexity index is 861. The first-order valence-corrected chi connectivity index (χ1v) is 10.4. The molecule has 0 aromatic carbocycles. The number of pyridine rings is 1. The number of aromatic nitrogens is 3. The van der Waals surface area contributed by atoms with Gasteiger partial charge in [-0.05, 0) is 58.5 Å². The molecule has 0 amide bonds. The predicted molar refractivity (Wildman–Crippen MR) is 106 cm³/mol. The van der Waals surface area contributed by atoms with E-state index < -0.39 is 0 Å². The molecule has 2 aliphatic heterocycles. The second kappa shape index (κ2) is 6.78. The lowest BCUT2D eigenvalue weighted by atomic mass is 9.92. The van der Waals surface area contributed by atoms with Gasteiger partial charge in [-0.3, -0.25) is 0 Å². The zero-order chi connectivity index (χ0) is 18.3. The van der Waals surface area contributed by atoms with Crippen LogP contribution in [0, 0.1) is 0 Å². The molecule has 5 rings (SSSR count). The molecule has 1 saturated carbocycles. The Hall–Kier alpha value is -2.15. The summed E-state index contributed by atoms with van der Waals surface area (Å²) in [5, 5.41) is 17.4. The highest BCUT2D eigenvalue weighted by atomic mass is 16.7. The van der Waals surface area contributed by atoms with Crippen LogP contribution in [0.5, 0.6) is 0 Å². The van der Waals surface area contributed by atoms with Crippen molar-refractivity contribution < 1.29 is 4.84 Å². The van der Waals surface area contributed by atoms with Crippen molar-refractivity contribution in [3.8, 4) is 0 Å². The maximum atomic E-state index is 5.95. The second-order valence-electron chi connectivity index (χ2n) is 8.11. The summed E-state index contributed by atoms with van der Waals surface area (Å²) in [6.45, 7) is 5.03. The highest BCUT2D eigenvalue weighted by Crippen LogP contribution is 2.42. The van der Waals surface area contributed by atoms with Crippen molar-refractivity contribution in [2.45, 2.75) is 70.1 Å². The van der Waals surface area contributed by atoms with Crippen LogP contribution in [0.3, 0.4) is 0 Å². The van der Waals surface area contributed by atoms with Gasteiger partial charge in [0, 0.05) is 30.8 Å². The molecule has 27 heavy (non-hydrogen) atoms. The third-order valence-electron chi connectivity index (χ3n) is 6.32. The fourth-order valence-corrected chi connectivity index (χ4v) is 4.76. The van der Waals surface area contributed by atoms with E-state index in [0.717, 1.165) is 79.7 Å². The van der Waals surface area contributed by atoms with Gasteiger partial charge >= 0.3 is 0 Å². The summed E-state index contributed by atoms with van der Waals surface area (Å²) in [6, 6.07) is 0.462. The van der Waals surface area contributed by atoms with Crippen LogP contribution >= 0.6 is 0 Å². The SMILES string of the molecule is CCn1ncc2c(NC3CCNCC3)c(C3=NOC4(CCCC4)C3)cnc21. The summed E-state index contributed by atoms with van der Waals surface area (Å²) in [6.07, 6.45) is 11.8. The molecular weight excluding hydrogens is 340 g/mol. The van der Waals surface area contributed by atoms with Crippen molar-refractivity contribution in [2.75, 3.05) is 18.4 Å². The highest BCUT2D eigenvalue weighted by molar-refractivity contribution is 6.10. The number of rotatable bonds is 4. The molecule has 2 fully saturated rings. The van der Waals surface area contributed by atoms with Gasteiger partial charge in [0.25, 0.3) is 0 Å². The molecule has 0 radical (unpaired) electrons. The maximum Gasteiger partial charge on any atom is 0.159 e. The number of nitrogens with zero attached hydrogens (tertiary/aromatic N) is 4. The van der Waals surface area contributed by atoms with Gasteiger partial charge in [0.05, 0.1) is 23.0 Å². The average Bonchev–Trinajstić information content (AvgIpc) is 3.44. The molecule has 0 unspecified atom stereocenters. The Kier molecular flexibility index (Phi) is 4.27. The Morgan fingerprint density at radius 2 is 2.07 bits per heavy atom. The van der Waals surface area contributed by atoms with E-state index in [4.69, 9.17) is 9.82 Å². The normalized spacial score (nSPS) is 22.3. The molecule has 3 aliphatic rings. The van der Waals surface area contributed by atoms with E-state index in [1.54, 1.807) is 0 Å². The van der Waals surface area contributed by atoms with E-state index in [2.05, 4.69) is 27.8 Å². The summed E-state index contributed by atoms with van der Waals surface area (Å²) in [5.41, 5.74) is 4.12. The Morgan fingerprint density at radius 3 is 2.85 bits per heavy atom. The van der Waals surface area contributed by atoms with E-state index in [9.17, 15) is 0 Å². The number of hydrogen-bond acceptors (Lipinski definition) is 6. The fraction of sp³-hybridized carbons (Fsp3) is 0.650. The minimum Gasteiger partial charge on any atom is -0.389 e. The standard InChI is InChI=1S/C20H28N6O/c1-2-26-19-16(13-23-26)18(24-14-5-9-21-10-6-14)15(12-22-19)17-11-20(27-25-17)7-3-4-8-20/h12-14,21H,2-11H2,1H3,(H,22,24). The third kappa shape index (κ3) is 2.98. The first-order chi connectivity index (χ1) is 13.3. The van der Waals surface area contributed by atoms with Gasteiger partial charge in [0.1, 0.15) is 5.60 Å². The van der Waals surface area contributed by atoms with Crippen LogP contribution < -0.4 is 10.6 Å². The molecular formula is C20H28N6O. The van der Waals surface area contributed by atoms with Gasteiger partial charge < -0.3 is 15.5 Å². The van der Waals surface area contributed by atoms with E-state index in [-0.39, 0.29) is 5.60 Å². The van der Waals surface area contributed by atoms with Crippen LogP contribution in [-0.4, -0.2) is 45.2 Å². The molecule has 1 spiro atoms. The minimum absolute atomic E-state index is 0.0656. The number of anilines is 1. The molecule has 0 bridgehead atoms. The van der Waals surface area contributed by atoms with E-state index in [1.165, 1.54) is 12.8 Å². The monoisotopic (exact) mass is 368 g/mol. The molecule has 2 aromatic rings. The smallest absolute Gasteiger partial charge is 0.159 e. The zero-order valence-corrected chi connectivity index (χ0v) is 16.0. The number of hydrogen-bond donors (Lipinski definition) is 2. The van der Waals surface area contributed by atoms with Gasteiger partial charge in [-0.2, -0.15) is 5.10 Å². The van der Waals surface area contributed by atoms with E-state index in [1.807, 2.05) is 17.1 Å². The van der Waals surface area contributed by atoms with Crippen LogP contribution in [0.25, 0.3) is 11.0 Å². The van der Waals surface area contributed by atoms with Crippen LogP contribution in [0.1, 0.15) is 57.4 Å². The number of nitrogens with one attached hydrogen (secondary N) is 2. The fourth-order valence-electron chi connectivity index (χ4n) is 4.76. The Balaban J connectivity index is 1.53. The first-order valence-electron chi connectivity index (χ1n) is 10.4. The Labute approximate surface area is 159 Å². The summed E-state index contributed by atoms with van der Waals surface area (Å²) < 4.78 is 1.96. The molecule has 2 aromatic heterocycles. The topological polar surface area (TPSA) is 76.4 Å². The summed E-state index contributed by atoms with van der Waals surface area (Å²) in [5.74, 6) is 0. The number of aryl methyl sites for hydroxylation is 1. The summed E-state index contributed by atoms with van der Waals surface area (Å²) >= 11 is 0. The summed E-state index contributed by atoms with van der Waals surface area (Å²) in [4.78, 5) is 10.7.